The predicted molar refractivity (Wildman–Crippen MR) is 75.1 cm³/mol. The van der Waals surface area contributed by atoms with Crippen molar-refractivity contribution in [3.63, 3.8) is 0 Å². The van der Waals surface area contributed by atoms with Gasteiger partial charge < -0.3 is 5.32 Å². The lowest BCUT2D eigenvalue weighted by Gasteiger charge is -2.17. The van der Waals surface area contributed by atoms with Crippen LogP contribution in [0.25, 0.3) is 0 Å². The van der Waals surface area contributed by atoms with Crippen molar-refractivity contribution >= 4 is 23.2 Å². The van der Waals surface area contributed by atoms with E-state index in [1.54, 1.807) is 6.20 Å². The predicted octanol–water partition coefficient (Wildman–Crippen LogP) is 3.68. The smallest absolute Gasteiger partial charge is 0.142 e. The first-order valence-corrected chi connectivity index (χ1v) is 6.69. The van der Waals surface area contributed by atoms with E-state index in [0.29, 0.717) is 17.1 Å². The normalized spacial score (nSPS) is 12.6. The van der Waals surface area contributed by atoms with Gasteiger partial charge >= 0.3 is 0 Å². The van der Waals surface area contributed by atoms with E-state index in [0.717, 1.165) is 6.54 Å². The van der Waals surface area contributed by atoms with Gasteiger partial charge in [0.05, 0.1) is 11.6 Å². The van der Waals surface area contributed by atoms with Crippen molar-refractivity contribution in [1.82, 2.24) is 15.1 Å². The van der Waals surface area contributed by atoms with E-state index >= 15 is 0 Å². The SMILES string of the molecule is CC(NCCn1cccn1)c1c(Cl)ccc(F)c1Cl. The van der Waals surface area contributed by atoms with Crippen LogP contribution in [-0.2, 0) is 6.54 Å². The number of halogens is 3. The molecule has 3 nitrogen and oxygen atoms in total. The molecule has 1 aromatic carbocycles. The molecule has 1 N–H and O–H groups in total. The highest BCUT2D eigenvalue weighted by molar-refractivity contribution is 6.36. The van der Waals surface area contributed by atoms with Crippen molar-refractivity contribution in [3.05, 3.63) is 52.0 Å². The van der Waals surface area contributed by atoms with Gasteiger partial charge in [-0.25, -0.2) is 4.39 Å². The Kier molecular flexibility index (Phi) is 4.80. The molecule has 0 radical (unpaired) electrons. The molecule has 0 amide bonds. The minimum absolute atomic E-state index is 0.0755. The zero-order valence-corrected chi connectivity index (χ0v) is 11.9. The lowest BCUT2D eigenvalue weighted by molar-refractivity contribution is 0.505. The van der Waals surface area contributed by atoms with Crippen molar-refractivity contribution in [2.75, 3.05) is 6.54 Å². The van der Waals surface area contributed by atoms with Gasteiger partial charge in [0.2, 0.25) is 0 Å². The van der Waals surface area contributed by atoms with Crippen molar-refractivity contribution in [1.29, 1.82) is 0 Å². The number of aromatic nitrogens is 2. The Labute approximate surface area is 121 Å². The van der Waals surface area contributed by atoms with Crippen LogP contribution in [0.2, 0.25) is 10.0 Å². The summed E-state index contributed by atoms with van der Waals surface area (Å²) in [6.07, 6.45) is 3.61. The topological polar surface area (TPSA) is 29.9 Å². The van der Waals surface area contributed by atoms with E-state index in [9.17, 15) is 4.39 Å². The van der Waals surface area contributed by atoms with E-state index in [1.807, 2.05) is 23.9 Å². The van der Waals surface area contributed by atoms with Gasteiger partial charge in [0.25, 0.3) is 0 Å². The highest BCUT2D eigenvalue weighted by atomic mass is 35.5. The van der Waals surface area contributed by atoms with Gasteiger partial charge in [-0.1, -0.05) is 23.2 Å². The van der Waals surface area contributed by atoms with Gasteiger partial charge in [-0.15, -0.1) is 0 Å². The number of hydrogen-bond donors (Lipinski definition) is 1. The van der Waals surface area contributed by atoms with Crippen LogP contribution in [0.4, 0.5) is 4.39 Å². The van der Waals surface area contributed by atoms with E-state index < -0.39 is 5.82 Å². The molecule has 6 heteroatoms. The Hall–Kier alpha value is -1.10. The van der Waals surface area contributed by atoms with Gasteiger partial charge in [-0.05, 0) is 25.1 Å². The largest absolute Gasteiger partial charge is 0.308 e. The first-order chi connectivity index (χ1) is 9.09. The summed E-state index contributed by atoms with van der Waals surface area (Å²) in [7, 11) is 0. The van der Waals surface area contributed by atoms with E-state index in [4.69, 9.17) is 23.2 Å². The van der Waals surface area contributed by atoms with Gasteiger partial charge in [-0.3, -0.25) is 4.68 Å². The summed E-state index contributed by atoms with van der Waals surface area (Å²) in [4.78, 5) is 0. The fraction of sp³-hybridized carbons (Fsp3) is 0.308. The van der Waals surface area contributed by atoms with Gasteiger partial charge in [-0.2, -0.15) is 5.10 Å². The lowest BCUT2D eigenvalue weighted by atomic mass is 10.1. The second kappa shape index (κ2) is 6.37. The summed E-state index contributed by atoms with van der Waals surface area (Å²) in [6, 6.07) is 4.52. The third kappa shape index (κ3) is 3.47. The molecule has 0 aliphatic heterocycles. The molecule has 0 aliphatic carbocycles. The lowest BCUT2D eigenvalue weighted by Crippen LogP contribution is -2.24. The first-order valence-electron chi connectivity index (χ1n) is 5.94. The molecule has 0 saturated carbocycles. The highest BCUT2D eigenvalue weighted by Gasteiger charge is 2.16. The standard InChI is InChI=1S/C13H14Cl2FN3/c1-9(17-6-8-19-7-2-5-18-19)12-10(14)3-4-11(16)13(12)15/h2-5,7,9,17H,6,8H2,1H3. The fourth-order valence-corrected chi connectivity index (χ4v) is 2.57. The number of rotatable bonds is 5. The molecule has 0 aliphatic rings. The monoisotopic (exact) mass is 301 g/mol. The van der Waals surface area contributed by atoms with Crippen LogP contribution in [0.3, 0.4) is 0 Å². The molecular weight excluding hydrogens is 288 g/mol. The van der Waals surface area contributed by atoms with Crippen LogP contribution >= 0.6 is 23.2 Å². The molecule has 2 rings (SSSR count). The van der Waals surface area contributed by atoms with Crippen LogP contribution < -0.4 is 5.32 Å². The summed E-state index contributed by atoms with van der Waals surface area (Å²) in [5, 5.41) is 7.89. The summed E-state index contributed by atoms with van der Waals surface area (Å²) >= 11 is 12.0. The Morgan fingerprint density at radius 1 is 1.42 bits per heavy atom. The molecule has 1 heterocycles. The van der Waals surface area contributed by atoms with E-state index in [-0.39, 0.29) is 11.1 Å². The molecule has 0 spiro atoms. The van der Waals surface area contributed by atoms with E-state index in [2.05, 4.69) is 10.4 Å². The summed E-state index contributed by atoms with van der Waals surface area (Å²) < 4.78 is 15.2. The number of hydrogen-bond acceptors (Lipinski definition) is 2. The Morgan fingerprint density at radius 3 is 2.89 bits per heavy atom. The van der Waals surface area contributed by atoms with Crippen molar-refractivity contribution in [2.45, 2.75) is 19.5 Å². The molecule has 19 heavy (non-hydrogen) atoms. The Bertz CT molecular complexity index is 543. The minimum Gasteiger partial charge on any atom is -0.308 e. The van der Waals surface area contributed by atoms with E-state index in [1.165, 1.54) is 12.1 Å². The van der Waals surface area contributed by atoms with Gasteiger partial charge in [0, 0.05) is 35.6 Å². The molecule has 1 unspecified atom stereocenters. The maximum absolute atomic E-state index is 13.4. The molecule has 1 aromatic heterocycles. The zero-order valence-electron chi connectivity index (χ0n) is 10.4. The van der Waals surface area contributed by atoms with Crippen molar-refractivity contribution in [2.24, 2.45) is 0 Å². The second-order valence-electron chi connectivity index (χ2n) is 4.20. The molecule has 102 valence electrons. The summed E-state index contributed by atoms with van der Waals surface area (Å²) in [6.45, 7) is 3.31. The van der Waals surface area contributed by atoms with Crippen LogP contribution in [0, 0.1) is 5.82 Å². The number of nitrogens with zero attached hydrogens (tertiary/aromatic N) is 2. The quantitative estimate of drug-likeness (QED) is 0.854. The van der Waals surface area contributed by atoms with Crippen LogP contribution in [-0.4, -0.2) is 16.3 Å². The van der Waals surface area contributed by atoms with Gasteiger partial charge in [0.1, 0.15) is 5.82 Å². The van der Waals surface area contributed by atoms with Crippen LogP contribution in [0.15, 0.2) is 30.6 Å². The molecule has 0 saturated heterocycles. The maximum atomic E-state index is 13.4. The molecule has 2 aromatic rings. The molecule has 1 atom stereocenters. The Morgan fingerprint density at radius 2 is 2.21 bits per heavy atom. The second-order valence-corrected chi connectivity index (χ2v) is 4.99. The molecule has 0 bridgehead atoms. The summed E-state index contributed by atoms with van der Waals surface area (Å²) in [5.41, 5.74) is 0.587. The van der Waals surface area contributed by atoms with Crippen molar-refractivity contribution in [3.8, 4) is 0 Å². The maximum Gasteiger partial charge on any atom is 0.142 e. The van der Waals surface area contributed by atoms with Crippen LogP contribution in [0.5, 0.6) is 0 Å². The molecule has 0 fully saturated rings. The third-order valence-corrected chi connectivity index (χ3v) is 3.58. The first kappa shape index (κ1) is 14.3. The molecular formula is C13H14Cl2FN3. The Balaban J connectivity index is 2.00. The highest BCUT2D eigenvalue weighted by Crippen LogP contribution is 2.32. The summed E-state index contributed by atoms with van der Waals surface area (Å²) in [5.74, 6) is -0.457. The fourth-order valence-electron chi connectivity index (χ4n) is 1.87. The van der Waals surface area contributed by atoms with Crippen molar-refractivity contribution < 1.29 is 4.39 Å². The zero-order chi connectivity index (χ0) is 13.8. The average molecular weight is 302 g/mol. The van der Waals surface area contributed by atoms with Crippen LogP contribution in [0.1, 0.15) is 18.5 Å². The number of nitrogens with one attached hydrogen (secondary N) is 1. The third-order valence-electron chi connectivity index (χ3n) is 2.86. The van der Waals surface area contributed by atoms with Gasteiger partial charge in [0.15, 0.2) is 0 Å². The average Bonchev–Trinajstić information content (AvgIpc) is 2.87. The number of benzene rings is 1. The minimum atomic E-state index is -0.457.